The molecule has 1 aromatic heterocycles. The second-order valence-electron chi connectivity index (χ2n) is 8.38. The van der Waals surface area contributed by atoms with Crippen molar-refractivity contribution in [2.75, 3.05) is 12.8 Å². The minimum Gasteiger partial charge on any atom is -0.481 e. The van der Waals surface area contributed by atoms with E-state index in [1.54, 1.807) is 12.1 Å². The summed E-state index contributed by atoms with van der Waals surface area (Å²) in [5.74, 6) is 4.81. The molecular weight excluding hydrogens is 468 g/mol. The zero-order valence-electron chi connectivity index (χ0n) is 18.9. The lowest BCUT2D eigenvalue weighted by Crippen LogP contribution is -2.15. The van der Waals surface area contributed by atoms with Gasteiger partial charge in [-0.25, -0.2) is 4.39 Å². The normalized spacial score (nSPS) is 14.6. The van der Waals surface area contributed by atoms with Gasteiger partial charge >= 0.3 is 5.97 Å². The van der Waals surface area contributed by atoms with Crippen LogP contribution in [0.5, 0.6) is 0 Å². The molecule has 2 unspecified atom stereocenters. The number of aromatic nitrogens is 1. The Bertz CT molecular complexity index is 1280. The van der Waals surface area contributed by atoms with Crippen molar-refractivity contribution in [3.8, 4) is 34.2 Å². The summed E-state index contributed by atoms with van der Waals surface area (Å²) in [4.78, 5) is 15.6. The second kappa shape index (κ2) is 11.4. The molecule has 0 radical (unpaired) electrons. The highest BCUT2D eigenvalue weighted by Crippen LogP contribution is 2.43. The van der Waals surface area contributed by atoms with Crippen LogP contribution in [0, 0.1) is 17.7 Å². The van der Waals surface area contributed by atoms with Gasteiger partial charge in [0.05, 0.1) is 29.5 Å². The molecule has 35 heavy (non-hydrogen) atoms. The molecule has 8 heteroatoms. The van der Waals surface area contributed by atoms with Crippen LogP contribution in [0.25, 0.3) is 22.4 Å². The van der Waals surface area contributed by atoms with Gasteiger partial charge in [0, 0.05) is 23.2 Å². The molecule has 6 nitrogen and oxygen atoms in total. The van der Waals surface area contributed by atoms with Gasteiger partial charge in [-0.3, -0.25) is 14.3 Å². The van der Waals surface area contributed by atoms with Gasteiger partial charge < -0.3 is 14.7 Å². The number of carboxylic acid groups (broad SMARTS) is 1. The molecule has 2 atom stereocenters. The van der Waals surface area contributed by atoms with Crippen molar-refractivity contribution in [1.29, 1.82) is 0 Å². The van der Waals surface area contributed by atoms with Gasteiger partial charge in [0.15, 0.2) is 8.03 Å². The summed E-state index contributed by atoms with van der Waals surface area (Å²) in [6, 6.07) is 18.0. The third kappa shape index (κ3) is 6.86. The molecule has 4 rings (SSSR count). The third-order valence-corrected chi connectivity index (χ3v) is 6.84. The highest BCUT2D eigenvalue weighted by atomic mass is 31.1. The highest BCUT2D eigenvalue weighted by Gasteiger charge is 2.29. The SMILES string of the molecule is O=C(O)CC(O)C[PH](=O)OCC#Cc1c(-c2ccc(F)cc2)cc(-c2ccccc2)nc1C1CC1. The van der Waals surface area contributed by atoms with Gasteiger partial charge in [-0.2, -0.15) is 0 Å². The molecule has 180 valence electrons. The second-order valence-corrected chi connectivity index (χ2v) is 9.82. The Labute approximate surface area is 203 Å². The zero-order chi connectivity index (χ0) is 24.8. The lowest BCUT2D eigenvalue weighted by atomic mass is 9.95. The number of aliphatic hydroxyl groups is 1. The van der Waals surface area contributed by atoms with Crippen LogP contribution < -0.4 is 0 Å². The van der Waals surface area contributed by atoms with Crippen molar-refractivity contribution in [2.24, 2.45) is 0 Å². The standard InChI is InChI=1S/C27H25FNO5P/c28-21-12-10-18(11-13-21)24-16-25(19-5-2-1-3-6-19)29-27(20-8-9-20)23(24)7-4-14-34-35(33)17-22(30)15-26(31)32/h1-3,5-6,10-13,16,20,22,30,35H,8-9,14-15,17H2,(H,31,32). The van der Waals surface area contributed by atoms with Crippen molar-refractivity contribution >= 4 is 14.0 Å². The molecule has 1 aliphatic rings. The first-order valence-corrected chi connectivity index (χ1v) is 12.8. The van der Waals surface area contributed by atoms with Gasteiger partial charge in [-0.05, 0) is 36.6 Å². The Hall–Kier alpha value is -3.30. The van der Waals surface area contributed by atoms with Crippen LogP contribution in [0.1, 0.15) is 36.4 Å². The van der Waals surface area contributed by atoms with Gasteiger partial charge in [-0.1, -0.05) is 54.3 Å². The van der Waals surface area contributed by atoms with E-state index in [4.69, 9.17) is 14.6 Å². The number of hydrogen-bond donors (Lipinski definition) is 2. The van der Waals surface area contributed by atoms with Crippen LogP contribution in [0.3, 0.4) is 0 Å². The lowest BCUT2D eigenvalue weighted by molar-refractivity contribution is -0.138. The van der Waals surface area contributed by atoms with Crippen LogP contribution in [0.15, 0.2) is 60.7 Å². The maximum atomic E-state index is 13.6. The molecule has 0 amide bonds. The highest BCUT2D eigenvalue weighted by molar-refractivity contribution is 7.39. The maximum absolute atomic E-state index is 13.6. The molecule has 0 aliphatic heterocycles. The van der Waals surface area contributed by atoms with Crippen molar-refractivity contribution in [3.63, 3.8) is 0 Å². The Morgan fingerprint density at radius 1 is 1.14 bits per heavy atom. The number of rotatable bonds is 9. The van der Waals surface area contributed by atoms with E-state index in [1.165, 1.54) is 12.1 Å². The molecule has 0 saturated heterocycles. The zero-order valence-corrected chi connectivity index (χ0v) is 19.9. The van der Waals surface area contributed by atoms with Gasteiger partial charge in [-0.15, -0.1) is 0 Å². The van der Waals surface area contributed by atoms with Crippen molar-refractivity contribution in [2.45, 2.75) is 31.3 Å². The van der Waals surface area contributed by atoms with E-state index in [9.17, 15) is 18.9 Å². The minimum atomic E-state index is -2.63. The fourth-order valence-corrected chi connectivity index (χ4v) is 4.61. The molecule has 1 heterocycles. The first-order valence-electron chi connectivity index (χ1n) is 11.3. The summed E-state index contributed by atoms with van der Waals surface area (Å²) < 4.78 is 30.9. The van der Waals surface area contributed by atoms with E-state index < -0.39 is 26.5 Å². The topological polar surface area (TPSA) is 96.7 Å². The quantitative estimate of drug-likeness (QED) is 0.318. The summed E-state index contributed by atoms with van der Waals surface area (Å²) in [6.07, 6.45) is 0.0628. The average Bonchev–Trinajstić information content (AvgIpc) is 3.67. The van der Waals surface area contributed by atoms with Crippen LogP contribution in [-0.2, 0) is 13.9 Å². The molecule has 2 aromatic carbocycles. The van der Waals surface area contributed by atoms with Gasteiger partial charge in [0.2, 0.25) is 0 Å². The molecule has 3 aromatic rings. The molecule has 0 bridgehead atoms. The Morgan fingerprint density at radius 3 is 2.51 bits per heavy atom. The van der Waals surface area contributed by atoms with E-state index in [2.05, 4.69) is 11.8 Å². The molecule has 1 aliphatic carbocycles. The Balaban J connectivity index is 1.64. The predicted octanol–water partition coefficient (Wildman–Crippen LogP) is 5.11. The van der Waals surface area contributed by atoms with E-state index in [0.29, 0.717) is 0 Å². The first kappa shape index (κ1) is 24.8. The lowest BCUT2D eigenvalue weighted by Gasteiger charge is -2.13. The molecule has 0 spiro atoms. The number of hydrogen-bond acceptors (Lipinski definition) is 5. The summed E-state index contributed by atoms with van der Waals surface area (Å²) >= 11 is 0. The van der Waals surface area contributed by atoms with Crippen LogP contribution in [-0.4, -0.2) is 40.0 Å². The van der Waals surface area contributed by atoms with Crippen LogP contribution >= 0.6 is 8.03 Å². The largest absolute Gasteiger partial charge is 0.481 e. The predicted molar refractivity (Wildman–Crippen MR) is 132 cm³/mol. The fraction of sp³-hybridized carbons (Fsp3) is 0.259. The Morgan fingerprint density at radius 2 is 1.86 bits per heavy atom. The van der Waals surface area contributed by atoms with E-state index in [1.807, 2.05) is 36.4 Å². The van der Waals surface area contributed by atoms with Crippen LogP contribution in [0.4, 0.5) is 4.39 Å². The number of pyridine rings is 1. The number of carbonyl (C=O) groups is 1. The monoisotopic (exact) mass is 493 g/mol. The molecule has 2 N–H and O–H groups in total. The minimum absolute atomic E-state index is 0.134. The number of halogens is 1. The van der Waals surface area contributed by atoms with E-state index >= 15 is 0 Å². The number of aliphatic carboxylic acids is 1. The van der Waals surface area contributed by atoms with Crippen molar-refractivity contribution in [3.05, 3.63) is 77.7 Å². The first-order chi connectivity index (χ1) is 16.9. The van der Waals surface area contributed by atoms with E-state index in [-0.39, 0.29) is 24.5 Å². The smallest absolute Gasteiger partial charge is 0.305 e. The summed E-state index contributed by atoms with van der Waals surface area (Å²) in [7, 11) is -2.63. The summed E-state index contributed by atoms with van der Waals surface area (Å²) in [6.45, 7) is -0.134. The van der Waals surface area contributed by atoms with E-state index in [0.717, 1.165) is 46.5 Å². The summed E-state index contributed by atoms with van der Waals surface area (Å²) in [5.41, 5.74) is 5.03. The molecular formula is C27H25FNO5P. The number of carboxylic acids is 1. The summed E-state index contributed by atoms with van der Waals surface area (Å²) in [5, 5.41) is 18.3. The van der Waals surface area contributed by atoms with Crippen molar-refractivity contribution < 1.29 is 28.5 Å². The van der Waals surface area contributed by atoms with Crippen LogP contribution in [0.2, 0.25) is 0 Å². The maximum Gasteiger partial charge on any atom is 0.305 e. The number of nitrogens with zero attached hydrogens (tertiary/aromatic N) is 1. The van der Waals surface area contributed by atoms with Gasteiger partial charge in [0.1, 0.15) is 12.4 Å². The molecule has 1 fully saturated rings. The fourth-order valence-electron chi connectivity index (χ4n) is 3.73. The third-order valence-electron chi connectivity index (χ3n) is 5.57. The molecule has 1 saturated carbocycles. The number of benzene rings is 2. The Kier molecular flexibility index (Phi) is 8.09. The average molecular weight is 493 g/mol. The number of aliphatic hydroxyl groups excluding tert-OH is 1. The van der Waals surface area contributed by atoms with Crippen molar-refractivity contribution in [1.82, 2.24) is 4.98 Å². The van der Waals surface area contributed by atoms with Gasteiger partial charge in [0.25, 0.3) is 0 Å².